The molecule has 1 aliphatic rings. The van der Waals surface area contributed by atoms with Gasteiger partial charge in [0.25, 0.3) is 0 Å². The van der Waals surface area contributed by atoms with Crippen LogP contribution in [-0.2, 0) is 22.4 Å². The summed E-state index contributed by atoms with van der Waals surface area (Å²) in [4.78, 5) is 26.9. The number of benzene rings is 1. The molecule has 1 heterocycles. The molecule has 114 valence electrons. The van der Waals surface area contributed by atoms with E-state index in [0.717, 1.165) is 11.3 Å². The first-order chi connectivity index (χ1) is 10.6. The van der Waals surface area contributed by atoms with Crippen LogP contribution in [0.15, 0.2) is 28.7 Å². The molecule has 1 N–H and O–H groups in total. The molecular formula is C16H15NO5. The summed E-state index contributed by atoms with van der Waals surface area (Å²) < 4.78 is 10.4. The first-order valence-corrected chi connectivity index (χ1v) is 6.98. The van der Waals surface area contributed by atoms with Crippen molar-refractivity contribution in [2.75, 3.05) is 7.11 Å². The van der Waals surface area contributed by atoms with Gasteiger partial charge in [-0.05, 0) is 37.1 Å². The summed E-state index contributed by atoms with van der Waals surface area (Å²) in [6.07, 6.45) is 1.56. The molecule has 6 heteroatoms. The van der Waals surface area contributed by atoms with E-state index in [2.05, 4.69) is 9.72 Å². The van der Waals surface area contributed by atoms with Gasteiger partial charge in [-0.1, -0.05) is 0 Å². The fourth-order valence-electron chi connectivity index (χ4n) is 2.58. The number of aliphatic carboxylic acids is 1. The molecule has 0 radical (unpaired) electrons. The van der Waals surface area contributed by atoms with Gasteiger partial charge >= 0.3 is 11.9 Å². The quantitative estimate of drug-likeness (QED) is 0.875. The van der Waals surface area contributed by atoms with E-state index in [4.69, 9.17) is 9.52 Å². The fourth-order valence-corrected chi connectivity index (χ4v) is 2.58. The molecule has 3 rings (SSSR count). The van der Waals surface area contributed by atoms with Gasteiger partial charge in [0, 0.05) is 12.0 Å². The highest BCUT2D eigenvalue weighted by Gasteiger charge is 2.28. The highest BCUT2D eigenvalue weighted by molar-refractivity contribution is 5.89. The number of aryl methyl sites for hydroxylation is 1. The number of rotatable bonds is 3. The lowest BCUT2D eigenvalue weighted by Crippen LogP contribution is -2.21. The Labute approximate surface area is 126 Å². The van der Waals surface area contributed by atoms with Crippen molar-refractivity contribution in [3.63, 3.8) is 0 Å². The number of esters is 1. The number of fused-ring (bicyclic) bond motifs is 1. The van der Waals surface area contributed by atoms with E-state index in [9.17, 15) is 9.59 Å². The molecule has 1 aromatic heterocycles. The van der Waals surface area contributed by atoms with Crippen LogP contribution in [0.2, 0.25) is 0 Å². The average molecular weight is 301 g/mol. The van der Waals surface area contributed by atoms with Gasteiger partial charge in [0.1, 0.15) is 5.76 Å². The van der Waals surface area contributed by atoms with Gasteiger partial charge in [0.2, 0.25) is 5.89 Å². The molecule has 0 spiro atoms. The molecule has 0 saturated heterocycles. The predicted molar refractivity (Wildman–Crippen MR) is 76.4 cm³/mol. The van der Waals surface area contributed by atoms with Crippen LogP contribution in [0, 0.1) is 5.92 Å². The van der Waals surface area contributed by atoms with Crippen molar-refractivity contribution in [3.05, 3.63) is 41.3 Å². The Morgan fingerprint density at radius 3 is 2.68 bits per heavy atom. The van der Waals surface area contributed by atoms with Gasteiger partial charge < -0.3 is 14.3 Å². The van der Waals surface area contributed by atoms with Crippen LogP contribution in [0.1, 0.15) is 28.2 Å². The first-order valence-electron chi connectivity index (χ1n) is 6.98. The number of hydrogen-bond acceptors (Lipinski definition) is 5. The zero-order valence-electron chi connectivity index (χ0n) is 12.0. The Morgan fingerprint density at radius 2 is 2.05 bits per heavy atom. The van der Waals surface area contributed by atoms with Crippen LogP contribution in [0.5, 0.6) is 0 Å². The molecule has 0 bridgehead atoms. The molecule has 0 amide bonds. The van der Waals surface area contributed by atoms with Crippen molar-refractivity contribution < 1.29 is 23.8 Å². The molecule has 0 saturated carbocycles. The molecule has 1 aromatic carbocycles. The summed E-state index contributed by atoms with van der Waals surface area (Å²) in [7, 11) is 1.33. The van der Waals surface area contributed by atoms with Gasteiger partial charge in [-0.3, -0.25) is 4.79 Å². The minimum absolute atomic E-state index is 0.373. The van der Waals surface area contributed by atoms with Crippen molar-refractivity contribution in [1.29, 1.82) is 0 Å². The number of methoxy groups -OCH3 is 1. The highest BCUT2D eigenvalue weighted by Crippen LogP contribution is 2.30. The van der Waals surface area contributed by atoms with Crippen molar-refractivity contribution in [3.8, 4) is 11.5 Å². The predicted octanol–water partition coefficient (Wildman–Crippen LogP) is 2.32. The van der Waals surface area contributed by atoms with Crippen LogP contribution in [0.3, 0.4) is 0 Å². The third-order valence-electron chi connectivity index (χ3n) is 3.84. The highest BCUT2D eigenvalue weighted by atomic mass is 16.5. The normalized spacial score (nSPS) is 16.9. The average Bonchev–Trinajstić information content (AvgIpc) is 2.97. The zero-order valence-corrected chi connectivity index (χ0v) is 12.0. The summed E-state index contributed by atoms with van der Waals surface area (Å²) in [6, 6.07) is 6.76. The van der Waals surface area contributed by atoms with Gasteiger partial charge in [-0.15, -0.1) is 0 Å². The second-order valence-corrected chi connectivity index (χ2v) is 5.24. The molecule has 22 heavy (non-hydrogen) atoms. The van der Waals surface area contributed by atoms with E-state index in [0.29, 0.717) is 36.5 Å². The maximum absolute atomic E-state index is 11.4. The number of ether oxygens (including phenoxy) is 1. The second kappa shape index (κ2) is 5.63. The van der Waals surface area contributed by atoms with Crippen molar-refractivity contribution in [2.24, 2.45) is 5.92 Å². The Morgan fingerprint density at radius 1 is 1.32 bits per heavy atom. The zero-order chi connectivity index (χ0) is 15.7. The van der Waals surface area contributed by atoms with Gasteiger partial charge in [0.05, 0.1) is 24.3 Å². The molecular weight excluding hydrogens is 286 g/mol. The fraction of sp³-hybridized carbons (Fsp3) is 0.312. The topological polar surface area (TPSA) is 89.6 Å². The standard InChI is InChI=1S/C16H15NO5/c1-21-16(20)10-4-2-9(3-5-10)14-17-12-7-6-11(15(18)19)8-13(12)22-14/h2-5,11H,6-8H2,1H3,(H,18,19). The van der Waals surface area contributed by atoms with Crippen LogP contribution in [0.25, 0.3) is 11.5 Å². The lowest BCUT2D eigenvalue weighted by Gasteiger charge is -2.15. The molecule has 1 atom stereocenters. The monoisotopic (exact) mass is 301 g/mol. The van der Waals surface area contributed by atoms with Crippen molar-refractivity contribution in [2.45, 2.75) is 19.3 Å². The summed E-state index contributed by atoms with van der Waals surface area (Å²) in [5.74, 6) is -0.512. The number of carboxylic acid groups (broad SMARTS) is 1. The molecule has 1 unspecified atom stereocenters. The third kappa shape index (κ3) is 2.59. The van der Waals surface area contributed by atoms with Crippen LogP contribution in [0.4, 0.5) is 0 Å². The summed E-state index contributed by atoms with van der Waals surface area (Å²) in [5, 5.41) is 9.09. The van der Waals surface area contributed by atoms with Crippen LogP contribution < -0.4 is 0 Å². The Balaban J connectivity index is 1.85. The van der Waals surface area contributed by atoms with E-state index >= 15 is 0 Å². The van der Waals surface area contributed by atoms with Gasteiger partial charge in [0.15, 0.2) is 0 Å². The summed E-state index contributed by atoms with van der Waals surface area (Å²) in [5.41, 5.74) is 2.02. The minimum Gasteiger partial charge on any atom is -0.481 e. The molecule has 2 aromatic rings. The van der Waals surface area contributed by atoms with E-state index in [1.165, 1.54) is 7.11 Å². The number of carboxylic acids is 1. The van der Waals surface area contributed by atoms with E-state index in [1.54, 1.807) is 24.3 Å². The maximum Gasteiger partial charge on any atom is 0.337 e. The number of hydrogen-bond donors (Lipinski definition) is 1. The summed E-state index contributed by atoms with van der Waals surface area (Å²) in [6.45, 7) is 0. The van der Waals surface area contributed by atoms with Crippen molar-refractivity contribution in [1.82, 2.24) is 4.98 Å². The lowest BCUT2D eigenvalue weighted by atomic mass is 9.91. The molecule has 0 aliphatic heterocycles. The smallest absolute Gasteiger partial charge is 0.337 e. The van der Waals surface area contributed by atoms with Gasteiger partial charge in [-0.2, -0.15) is 0 Å². The molecule has 0 fully saturated rings. The SMILES string of the molecule is COC(=O)c1ccc(-c2nc3c(o2)CC(C(=O)O)CC3)cc1. The largest absolute Gasteiger partial charge is 0.481 e. The van der Waals surface area contributed by atoms with E-state index in [-0.39, 0.29) is 0 Å². The number of carbonyl (C=O) groups is 2. The lowest BCUT2D eigenvalue weighted by molar-refractivity contribution is -0.142. The van der Waals surface area contributed by atoms with Crippen LogP contribution >= 0.6 is 0 Å². The Hall–Kier alpha value is -2.63. The molecule has 1 aliphatic carbocycles. The van der Waals surface area contributed by atoms with E-state index in [1.807, 2.05) is 0 Å². The van der Waals surface area contributed by atoms with E-state index < -0.39 is 17.9 Å². The third-order valence-corrected chi connectivity index (χ3v) is 3.84. The van der Waals surface area contributed by atoms with Gasteiger partial charge in [-0.25, -0.2) is 9.78 Å². The molecule has 6 nitrogen and oxygen atoms in total. The Bertz CT molecular complexity index is 717. The first kappa shape index (κ1) is 14.3. The second-order valence-electron chi connectivity index (χ2n) is 5.24. The number of aromatic nitrogens is 1. The van der Waals surface area contributed by atoms with Crippen molar-refractivity contribution >= 4 is 11.9 Å². The number of carbonyl (C=O) groups excluding carboxylic acids is 1. The van der Waals surface area contributed by atoms with Crippen LogP contribution in [-0.4, -0.2) is 29.1 Å². The maximum atomic E-state index is 11.4. The summed E-state index contributed by atoms with van der Waals surface area (Å²) >= 11 is 0. The number of oxazole rings is 1. The Kier molecular flexibility index (Phi) is 3.66. The minimum atomic E-state index is -0.800. The number of nitrogens with zero attached hydrogens (tertiary/aromatic N) is 1.